The van der Waals surface area contributed by atoms with Crippen molar-refractivity contribution in [3.63, 3.8) is 0 Å². The molecule has 1 N–H and O–H groups in total. The molecule has 0 aromatic heterocycles. The number of benzene rings is 2. The zero-order chi connectivity index (χ0) is 18.7. The summed E-state index contributed by atoms with van der Waals surface area (Å²) >= 11 is 3.11. The fraction of sp³-hybridized carbons (Fsp3) is 0.263. The van der Waals surface area contributed by atoms with Gasteiger partial charge in [-0.2, -0.15) is 0 Å². The number of amides is 2. The second kappa shape index (κ2) is 7.86. The van der Waals surface area contributed by atoms with Crippen molar-refractivity contribution in [3.8, 4) is 5.75 Å². The quantitative estimate of drug-likeness (QED) is 0.797. The molecule has 0 spiro atoms. The Morgan fingerprint density at radius 1 is 1.31 bits per heavy atom. The van der Waals surface area contributed by atoms with Gasteiger partial charge in [-0.3, -0.25) is 9.59 Å². The molecule has 136 valence electrons. The Morgan fingerprint density at radius 2 is 2.12 bits per heavy atom. The number of ether oxygens (including phenoxy) is 1. The van der Waals surface area contributed by atoms with Gasteiger partial charge in [-0.05, 0) is 58.2 Å². The Hall–Kier alpha value is -2.41. The van der Waals surface area contributed by atoms with E-state index < -0.39 is 0 Å². The number of rotatable bonds is 5. The third-order valence-corrected chi connectivity index (χ3v) is 4.78. The number of hydrogen-bond acceptors (Lipinski definition) is 3. The van der Waals surface area contributed by atoms with Crippen LogP contribution < -0.4 is 15.0 Å². The molecule has 1 aliphatic heterocycles. The van der Waals surface area contributed by atoms with Gasteiger partial charge in [0.1, 0.15) is 11.6 Å². The molecule has 26 heavy (non-hydrogen) atoms. The Balaban J connectivity index is 1.75. The van der Waals surface area contributed by atoms with Crippen LogP contribution in [0.2, 0.25) is 0 Å². The summed E-state index contributed by atoms with van der Waals surface area (Å²) in [5.41, 5.74) is 1.92. The fourth-order valence-corrected chi connectivity index (χ4v) is 3.35. The minimum atomic E-state index is -0.371. The molecule has 0 radical (unpaired) electrons. The second-order valence-electron chi connectivity index (χ2n) is 6.01. The van der Waals surface area contributed by atoms with Crippen molar-refractivity contribution >= 4 is 39.1 Å². The summed E-state index contributed by atoms with van der Waals surface area (Å²) in [4.78, 5) is 26.0. The minimum Gasteiger partial charge on any atom is -0.495 e. The molecule has 1 heterocycles. The van der Waals surface area contributed by atoms with E-state index in [1.807, 2.05) is 0 Å². The van der Waals surface area contributed by atoms with Crippen LogP contribution in [0.1, 0.15) is 18.4 Å². The number of anilines is 2. The summed E-state index contributed by atoms with van der Waals surface area (Å²) < 4.78 is 18.9. The highest BCUT2D eigenvalue weighted by Gasteiger charge is 2.24. The maximum absolute atomic E-state index is 13.3. The number of carbonyl (C=O) groups is 2. The summed E-state index contributed by atoms with van der Waals surface area (Å²) in [5, 5.41) is 2.81. The van der Waals surface area contributed by atoms with Crippen molar-refractivity contribution in [2.24, 2.45) is 0 Å². The number of methoxy groups -OCH3 is 1. The van der Waals surface area contributed by atoms with E-state index in [0.717, 1.165) is 6.42 Å². The van der Waals surface area contributed by atoms with E-state index in [1.165, 1.54) is 6.07 Å². The maximum Gasteiger partial charge on any atom is 0.228 e. The maximum atomic E-state index is 13.3. The molecule has 0 saturated carbocycles. The Morgan fingerprint density at radius 3 is 2.77 bits per heavy atom. The highest BCUT2D eigenvalue weighted by Crippen LogP contribution is 2.34. The van der Waals surface area contributed by atoms with Crippen LogP contribution in [-0.2, 0) is 16.0 Å². The highest BCUT2D eigenvalue weighted by molar-refractivity contribution is 9.10. The lowest BCUT2D eigenvalue weighted by atomic mass is 10.1. The Labute approximate surface area is 159 Å². The van der Waals surface area contributed by atoms with Crippen molar-refractivity contribution in [1.29, 1.82) is 0 Å². The van der Waals surface area contributed by atoms with E-state index in [9.17, 15) is 14.0 Å². The van der Waals surface area contributed by atoms with Gasteiger partial charge in [-0.25, -0.2) is 4.39 Å². The molecule has 0 aliphatic carbocycles. The van der Waals surface area contributed by atoms with Crippen molar-refractivity contribution in [3.05, 3.63) is 52.3 Å². The highest BCUT2D eigenvalue weighted by atomic mass is 79.9. The van der Waals surface area contributed by atoms with Crippen molar-refractivity contribution in [2.45, 2.75) is 19.3 Å². The molecule has 1 saturated heterocycles. The SMILES string of the molecule is COc1ccc(NC(=O)Cc2ccc(F)c(Br)c2)cc1N1CCCC1=O. The second-order valence-corrected chi connectivity index (χ2v) is 6.86. The molecular formula is C19H18BrFN2O3. The normalized spacial score (nSPS) is 13.8. The first-order chi connectivity index (χ1) is 12.5. The molecule has 0 bridgehead atoms. The van der Waals surface area contributed by atoms with Gasteiger partial charge < -0.3 is 15.0 Å². The van der Waals surface area contributed by atoms with Crippen molar-refractivity contribution in [2.75, 3.05) is 23.9 Å². The van der Waals surface area contributed by atoms with E-state index in [2.05, 4.69) is 21.2 Å². The lowest BCUT2D eigenvalue weighted by Crippen LogP contribution is -2.24. The summed E-state index contributed by atoms with van der Waals surface area (Å²) in [5.74, 6) is 0.0280. The van der Waals surface area contributed by atoms with Gasteiger partial charge >= 0.3 is 0 Å². The number of carbonyl (C=O) groups excluding carboxylic acids is 2. The number of hydrogen-bond donors (Lipinski definition) is 1. The standard InChI is InChI=1S/C19H18BrFN2O3/c1-26-17-7-5-13(11-16(17)23-8-2-3-19(23)25)22-18(24)10-12-4-6-15(21)14(20)9-12/h4-7,9,11H,2-3,8,10H2,1H3,(H,22,24). The number of nitrogens with zero attached hydrogens (tertiary/aromatic N) is 1. The molecule has 3 rings (SSSR count). The third kappa shape index (κ3) is 4.04. The number of nitrogens with one attached hydrogen (secondary N) is 1. The minimum absolute atomic E-state index is 0.0444. The summed E-state index contributed by atoms with van der Waals surface area (Å²) in [7, 11) is 1.55. The summed E-state index contributed by atoms with van der Waals surface area (Å²) in [6.45, 7) is 0.635. The van der Waals surface area contributed by atoms with Crippen LogP contribution in [0.3, 0.4) is 0 Å². The molecule has 2 aromatic rings. The molecule has 0 unspecified atom stereocenters. The monoisotopic (exact) mass is 420 g/mol. The fourth-order valence-electron chi connectivity index (χ4n) is 2.92. The van der Waals surface area contributed by atoms with Gasteiger partial charge in [-0.1, -0.05) is 6.07 Å². The largest absolute Gasteiger partial charge is 0.495 e. The molecule has 7 heteroatoms. The van der Waals surface area contributed by atoms with Crippen LogP contribution in [0.15, 0.2) is 40.9 Å². The van der Waals surface area contributed by atoms with E-state index >= 15 is 0 Å². The van der Waals surface area contributed by atoms with Crippen molar-refractivity contribution in [1.82, 2.24) is 0 Å². The lowest BCUT2D eigenvalue weighted by molar-refractivity contribution is -0.117. The predicted molar refractivity (Wildman–Crippen MR) is 101 cm³/mol. The Kier molecular flexibility index (Phi) is 5.56. The van der Waals surface area contributed by atoms with Crippen LogP contribution in [0.5, 0.6) is 5.75 Å². The van der Waals surface area contributed by atoms with Gasteiger partial charge in [0.25, 0.3) is 0 Å². The molecule has 2 amide bonds. The summed E-state index contributed by atoms with van der Waals surface area (Å²) in [6, 6.07) is 9.66. The average Bonchev–Trinajstić information content (AvgIpc) is 3.04. The molecule has 5 nitrogen and oxygen atoms in total. The van der Waals surface area contributed by atoms with Gasteiger partial charge in [0.15, 0.2) is 0 Å². The topological polar surface area (TPSA) is 58.6 Å². The zero-order valence-electron chi connectivity index (χ0n) is 14.2. The van der Waals surface area contributed by atoms with Crippen LogP contribution in [-0.4, -0.2) is 25.5 Å². The van der Waals surface area contributed by atoms with Gasteiger partial charge in [-0.15, -0.1) is 0 Å². The molecular weight excluding hydrogens is 403 g/mol. The smallest absolute Gasteiger partial charge is 0.228 e. The first-order valence-corrected chi connectivity index (χ1v) is 8.99. The van der Waals surface area contributed by atoms with E-state index in [4.69, 9.17) is 4.74 Å². The van der Waals surface area contributed by atoms with Crippen molar-refractivity contribution < 1.29 is 18.7 Å². The van der Waals surface area contributed by atoms with E-state index in [0.29, 0.717) is 40.1 Å². The van der Waals surface area contributed by atoms with Gasteiger partial charge in [0, 0.05) is 18.7 Å². The molecule has 1 aliphatic rings. The predicted octanol–water partition coefficient (Wildman–Crippen LogP) is 3.90. The van der Waals surface area contributed by atoms with Gasteiger partial charge in [0.05, 0.1) is 23.7 Å². The Bertz CT molecular complexity index is 857. The first kappa shape index (κ1) is 18.4. The molecule has 2 aromatic carbocycles. The first-order valence-electron chi connectivity index (χ1n) is 8.20. The summed E-state index contributed by atoms with van der Waals surface area (Å²) in [6.07, 6.45) is 1.43. The molecule has 1 fully saturated rings. The molecule has 0 atom stereocenters. The third-order valence-electron chi connectivity index (χ3n) is 4.18. The number of halogens is 2. The lowest BCUT2D eigenvalue weighted by Gasteiger charge is -2.20. The van der Waals surface area contributed by atoms with E-state index in [1.54, 1.807) is 42.3 Å². The van der Waals surface area contributed by atoms with E-state index in [-0.39, 0.29) is 24.1 Å². The van der Waals surface area contributed by atoms with Crippen LogP contribution >= 0.6 is 15.9 Å². The van der Waals surface area contributed by atoms with Crippen LogP contribution in [0.25, 0.3) is 0 Å². The van der Waals surface area contributed by atoms with Gasteiger partial charge in [0.2, 0.25) is 11.8 Å². The van der Waals surface area contributed by atoms with Crippen LogP contribution in [0.4, 0.5) is 15.8 Å². The zero-order valence-corrected chi connectivity index (χ0v) is 15.8. The average molecular weight is 421 g/mol. The van der Waals surface area contributed by atoms with Crippen LogP contribution in [0, 0.1) is 5.82 Å².